The Bertz CT molecular complexity index is 543. The molecule has 0 aromatic carbocycles. The molecule has 0 spiro atoms. The molecule has 1 fully saturated rings. The van der Waals surface area contributed by atoms with Crippen LogP contribution in [-0.2, 0) is 0 Å². The average molecular weight is 251 g/mol. The lowest BCUT2D eigenvalue weighted by Crippen LogP contribution is -2.08. The van der Waals surface area contributed by atoms with Crippen LogP contribution in [0.2, 0.25) is 5.02 Å². The summed E-state index contributed by atoms with van der Waals surface area (Å²) in [5.41, 5.74) is 7.10. The van der Waals surface area contributed by atoms with E-state index in [2.05, 4.69) is 10.2 Å². The van der Waals surface area contributed by atoms with E-state index in [1.54, 1.807) is 6.07 Å². The van der Waals surface area contributed by atoms with Crippen molar-refractivity contribution < 1.29 is 0 Å². The second-order valence-corrected chi connectivity index (χ2v) is 5.07. The molecule has 0 aliphatic heterocycles. The third kappa shape index (κ3) is 1.76. The summed E-state index contributed by atoms with van der Waals surface area (Å²) in [6.45, 7) is 0. The number of hydrogen-bond acceptors (Lipinski definition) is 3. The van der Waals surface area contributed by atoms with Gasteiger partial charge >= 0.3 is 0 Å². The van der Waals surface area contributed by atoms with Crippen molar-refractivity contribution in [2.75, 3.05) is 5.73 Å². The number of pyridine rings is 1. The smallest absolute Gasteiger partial charge is 0.185 e. The summed E-state index contributed by atoms with van der Waals surface area (Å²) in [4.78, 5) is 0. The van der Waals surface area contributed by atoms with Crippen LogP contribution in [0.25, 0.3) is 5.65 Å². The molecule has 0 saturated heterocycles. The highest BCUT2D eigenvalue weighted by Crippen LogP contribution is 2.33. The van der Waals surface area contributed by atoms with Gasteiger partial charge < -0.3 is 5.73 Å². The molecule has 2 aromatic rings. The zero-order chi connectivity index (χ0) is 11.8. The molecule has 17 heavy (non-hydrogen) atoms. The second-order valence-electron chi connectivity index (χ2n) is 4.66. The van der Waals surface area contributed by atoms with Gasteiger partial charge in [0.05, 0.1) is 10.7 Å². The summed E-state index contributed by atoms with van der Waals surface area (Å²) in [5, 5.41) is 8.99. The summed E-state index contributed by atoms with van der Waals surface area (Å²) in [5.74, 6) is 1.54. The maximum absolute atomic E-state index is 5.98. The van der Waals surface area contributed by atoms with Gasteiger partial charge in [0.2, 0.25) is 0 Å². The highest BCUT2D eigenvalue weighted by atomic mass is 35.5. The molecule has 2 heterocycles. The average Bonchev–Trinajstić information content (AvgIpc) is 2.79. The predicted molar refractivity (Wildman–Crippen MR) is 68.2 cm³/mol. The molecule has 1 saturated carbocycles. The predicted octanol–water partition coefficient (Wildman–Crippen LogP) is 3.01. The van der Waals surface area contributed by atoms with E-state index >= 15 is 0 Å². The van der Waals surface area contributed by atoms with E-state index in [4.69, 9.17) is 17.3 Å². The van der Waals surface area contributed by atoms with Crippen LogP contribution in [0.15, 0.2) is 12.3 Å². The van der Waals surface area contributed by atoms with Gasteiger partial charge in [0.1, 0.15) is 5.82 Å². The number of nitrogen functional groups attached to an aromatic ring is 1. The first-order chi connectivity index (χ1) is 8.27. The van der Waals surface area contributed by atoms with Gasteiger partial charge in [-0.25, -0.2) is 0 Å². The molecular formula is C12H15ClN4. The maximum atomic E-state index is 5.98. The number of aromatic nitrogens is 3. The third-order valence-corrected chi connectivity index (χ3v) is 3.89. The fourth-order valence-corrected chi connectivity index (χ4v) is 2.75. The van der Waals surface area contributed by atoms with E-state index in [0.717, 1.165) is 5.82 Å². The van der Waals surface area contributed by atoms with Crippen molar-refractivity contribution in [3.8, 4) is 0 Å². The molecule has 2 aromatic heterocycles. The molecule has 0 amide bonds. The molecule has 0 radical (unpaired) electrons. The van der Waals surface area contributed by atoms with Crippen molar-refractivity contribution in [1.82, 2.24) is 14.6 Å². The van der Waals surface area contributed by atoms with Crippen molar-refractivity contribution >= 4 is 22.9 Å². The highest BCUT2D eigenvalue weighted by Gasteiger charge is 2.21. The van der Waals surface area contributed by atoms with Gasteiger partial charge in [-0.15, -0.1) is 10.2 Å². The van der Waals surface area contributed by atoms with Crippen LogP contribution in [0.3, 0.4) is 0 Å². The van der Waals surface area contributed by atoms with E-state index in [0.29, 0.717) is 22.3 Å². The second kappa shape index (κ2) is 4.18. The van der Waals surface area contributed by atoms with Gasteiger partial charge in [-0.05, 0) is 18.9 Å². The summed E-state index contributed by atoms with van der Waals surface area (Å²) in [6, 6.07) is 1.81. The number of halogens is 1. The molecule has 0 atom stereocenters. The minimum atomic E-state index is 0.513. The van der Waals surface area contributed by atoms with E-state index < -0.39 is 0 Å². The van der Waals surface area contributed by atoms with Gasteiger partial charge in [0.15, 0.2) is 5.65 Å². The van der Waals surface area contributed by atoms with Gasteiger partial charge in [-0.1, -0.05) is 30.9 Å². The van der Waals surface area contributed by atoms with Crippen LogP contribution in [0.1, 0.15) is 43.8 Å². The maximum Gasteiger partial charge on any atom is 0.185 e. The van der Waals surface area contributed by atoms with E-state index in [1.807, 2.05) is 10.6 Å². The monoisotopic (exact) mass is 250 g/mol. The minimum absolute atomic E-state index is 0.513. The fraction of sp³-hybridized carbons (Fsp3) is 0.500. The molecule has 3 rings (SSSR count). The standard InChI is InChI=1S/C12H15ClN4/c13-9-6-7-17-11(8-4-2-1-3-5-8)15-16-12(17)10(9)14/h6-8H,1-5,14H2. The minimum Gasteiger partial charge on any atom is -0.394 e. The van der Waals surface area contributed by atoms with Crippen molar-refractivity contribution in [2.45, 2.75) is 38.0 Å². The molecule has 1 aliphatic rings. The SMILES string of the molecule is Nc1c(Cl)ccn2c(C3CCCCC3)nnc12. The first kappa shape index (κ1) is 10.8. The Balaban J connectivity index is 2.08. The van der Waals surface area contributed by atoms with Gasteiger partial charge in [0.25, 0.3) is 0 Å². The number of rotatable bonds is 1. The molecule has 90 valence electrons. The molecule has 4 nitrogen and oxygen atoms in total. The van der Waals surface area contributed by atoms with Gasteiger partial charge in [-0.2, -0.15) is 0 Å². The van der Waals surface area contributed by atoms with Gasteiger partial charge in [-0.3, -0.25) is 4.40 Å². The van der Waals surface area contributed by atoms with Crippen LogP contribution in [0.4, 0.5) is 5.69 Å². The van der Waals surface area contributed by atoms with Crippen molar-refractivity contribution in [3.05, 3.63) is 23.1 Å². The zero-order valence-electron chi connectivity index (χ0n) is 9.56. The van der Waals surface area contributed by atoms with Crippen molar-refractivity contribution in [2.24, 2.45) is 0 Å². The fourth-order valence-electron chi connectivity index (χ4n) is 2.61. The van der Waals surface area contributed by atoms with Crippen LogP contribution in [0.5, 0.6) is 0 Å². The molecule has 1 aliphatic carbocycles. The zero-order valence-corrected chi connectivity index (χ0v) is 10.3. The number of anilines is 1. The van der Waals surface area contributed by atoms with Crippen LogP contribution in [0, 0.1) is 0 Å². The quantitative estimate of drug-likeness (QED) is 0.847. The first-order valence-electron chi connectivity index (χ1n) is 6.06. The van der Waals surface area contributed by atoms with Crippen LogP contribution >= 0.6 is 11.6 Å². The van der Waals surface area contributed by atoms with E-state index in [-0.39, 0.29) is 0 Å². The topological polar surface area (TPSA) is 56.2 Å². The molecule has 5 heteroatoms. The van der Waals surface area contributed by atoms with Crippen LogP contribution in [-0.4, -0.2) is 14.6 Å². The molecular weight excluding hydrogens is 236 g/mol. The van der Waals surface area contributed by atoms with Crippen molar-refractivity contribution in [1.29, 1.82) is 0 Å². The highest BCUT2D eigenvalue weighted by molar-refractivity contribution is 6.33. The van der Waals surface area contributed by atoms with Gasteiger partial charge in [0, 0.05) is 12.1 Å². The lowest BCUT2D eigenvalue weighted by atomic mass is 9.89. The summed E-state index contributed by atoms with van der Waals surface area (Å²) < 4.78 is 1.98. The van der Waals surface area contributed by atoms with Crippen LogP contribution < -0.4 is 5.73 Å². The molecule has 0 unspecified atom stereocenters. The summed E-state index contributed by atoms with van der Waals surface area (Å²) in [6.07, 6.45) is 8.21. The number of nitrogens with zero attached hydrogens (tertiary/aromatic N) is 3. The Labute approximate surface area is 105 Å². The summed E-state index contributed by atoms with van der Waals surface area (Å²) in [7, 11) is 0. The number of nitrogens with two attached hydrogens (primary N) is 1. The lowest BCUT2D eigenvalue weighted by molar-refractivity contribution is 0.426. The Kier molecular flexibility index (Phi) is 2.67. The van der Waals surface area contributed by atoms with E-state index in [9.17, 15) is 0 Å². The Morgan fingerprint density at radius 2 is 2.00 bits per heavy atom. The Morgan fingerprint density at radius 3 is 2.76 bits per heavy atom. The molecule has 2 N–H and O–H groups in total. The Morgan fingerprint density at radius 1 is 1.24 bits per heavy atom. The Hall–Kier alpha value is -1.29. The number of hydrogen-bond donors (Lipinski definition) is 1. The van der Waals surface area contributed by atoms with Crippen molar-refractivity contribution in [3.63, 3.8) is 0 Å². The normalized spacial score (nSPS) is 17.7. The lowest BCUT2D eigenvalue weighted by Gasteiger charge is -2.19. The largest absolute Gasteiger partial charge is 0.394 e. The summed E-state index contributed by atoms with van der Waals surface area (Å²) >= 11 is 5.98. The third-order valence-electron chi connectivity index (χ3n) is 3.56. The van der Waals surface area contributed by atoms with E-state index in [1.165, 1.54) is 32.1 Å². The first-order valence-corrected chi connectivity index (χ1v) is 6.44. The number of fused-ring (bicyclic) bond motifs is 1. The molecule has 0 bridgehead atoms.